The first-order valence-corrected chi connectivity index (χ1v) is 10.3. The van der Waals surface area contributed by atoms with E-state index in [9.17, 15) is 18.0 Å². The highest BCUT2D eigenvalue weighted by molar-refractivity contribution is 5.92. The molecule has 0 aliphatic carbocycles. The van der Waals surface area contributed by atoms with Gasteiger partial charge in [-0.05, 0) is 49.1 Å². The van der Waals surface area contributed by atoms with E-state index in [0.717, 1.165) is 6.07 Å². The van der Waals surface area contributed by atoms with Crippen molar-refractivity contribution in [3.63, 3.8) is 0 Å². The fraction of sp³-hybridized carbons (Fsp3) is 0.409. The largest absolute Gasteiger partial charge is 0.471 e. The van der Waals surface area contributed by atoms with Crippen LogP contribution in [-0.2, 0) is 19.5 Å². The number of nitrogens with zero attached hydrogens (tertiary/aromatic N) is 4. The Hall–Kier alpha value is -3.30. The van der Waals surface area contributed by atoms with E-state index in [1.165, 1.54) is 14.9 Å². The monoisotopic (exact) mass is 449 g/mol. The van der Waals surface area contributed by atoms with Crippen LogP contribution in [0.3, 0.4) is 0 Å². The lowest BCUT2D eigenvalue weighted by atomic mass is 10.0. The van der Waals surface area contributed by atoms with E-state index < -0.39 is 11.9 Å². The molecule has 2 aromatic heterocycles. The molecule has 3 rings (SSSR count). The Morgan fingerprint density at radius 2 is 1.88 bits per heavy atom. The Balaban J connectivity index is 1.43. The SMILES string of the molecule is Cc1cc(C(F)(F)F)nn1CCCNC(=O)c1ccn(COc2ccc(C(C)C)cc2)n1. The third-order valence-electron chi connectivity index (χ3n) is 4.89. The van der Waals surface area contributed by atoms with Crippen molar-refractivity contribution < 1.29 is 22.7 Å². The molecule has 1 aromatic carbocycles. The van der Waals surface area contributed by atoms with Crippen molar-refractivity contribution in [2.45, 2.75) is 52.6 Å². The summed E-state index contributed by atoms with van der Waals surface area (Å²) in [6.07, 6.45) is -2.39. The van der Waals surface area contributed by atoms with E-state index in [1.54, 1.807) is 19.2 Å². The van der Waals surface area contributed by atoms with Gasteiger partial charge in [0.2, 0.25) is 0 Å². The van der Waals surface area contributed by atoms with Crippen molar-refractivity contribution >= 4 is 5.91 Å². The zero-order valence-electron chi connectivity index (χ0n) is 18.2. The van der Waals surface area contributed by atoms with Crippen LogP contribution in [0.15, 0.2) is 42.6 Å². The van der Waals surface area contributed by atoms with Crippen LogP contribution in [0.1, 0.15) is 53.6 Å². The van der Waals surface area contributed by atoms with Crippen molar-refractivity contribution in [2.24, 2.45) is 0 Å². The standard InChI is InChI=1S/C22H26F3N5O2/c1-15(2)17-5-7-18(8-6-17)32-14-29-12-9-19(27-29)21(31)26-10-4-11-30-16(3)13-20(28-30)22(23,24)25/h5-9,12-13,15H,4,10-11,14H2,1-3H3,(H,26,31). The van der Waals surface area contributed by atoms with Gasteiger partial charge >= 0.3 is 6.18 Å². The number of nitrogens with one attached hydrogen (secondary N) is 1. The van der Waals surface area contributed by atoms with Gasteiger partial charge in [0.25, 0.3) is 5.91 Å². The molecular formula is C22H26F3N5O2. The number of hydrogen-bond acceptors (Lipinski definition) is 4. The van der Waals surface area contributed by atoms with Crippen molar-refractivity contribution in [3.8, 4) is 5.75 Å². The molecule has 7 nitrogen and oxygen atoms in total. The molecule has 0 saturated heterocycles. The number of aryl methyl sites for hydroxylation is 2. The average molecular weight is 449 g/mol. The molecule has 3 aromatic rings. The second-order valence-corrected chi connectivity index (χ2v) is 7.74. The predicted molar refractivity (Wildman–Crippen MR) is 112 cm³/mol. The first-order valence-electron chi connectivity index (χ1n) is 10.3. The minimum atomic E-state index is -4.47. The lowest BCUT2D eigenvalue weighted by molar-refractivity contribution is -0.141. The van der Waals surface area contributed by atoms with Gasteiger partial charge < -0.3 is 10.1 Å². The molecule has 1 amide bonds. The Morgan fingerprint density at radius 1 is 1.16 bits per heavy atom. The van der Waals surface area contributed by atoms with Gasteiger partial charge in [-0.2, -0.15) is 23.4 Å². The van der Waals surface area contributed by atoms with Crippen LogP contribution in [-0.4, -0.2) is 32.0 Å². The van der Waals surface area contributed by atoms with E-state index in [0.29, 0.717) is 23.8 Å². The van der Waals surface area contributed by atoms with E-state index in [2.05, 4.69) is 29.4 Å². The van der Waals surface area contributed by atoms with E-state index in [4.69, 9.17) is 4.74 Å². The summed E-state index contributed by atoms with van der Waals surface area (Å²) in [6, 6.07) is 10.4. The number of alkyl halides is 3. The third-order valence-corrected chi connectivity index (χ3v) is 4.89. The Labute approximate surface area is 184 Å². The summed E-state index contributed by atoms with van der Waals surface area (Å²) < 4.78 is 46.6. The van der Waals surface area contributed by atoms with Crippen LogP contribution in [0.4, 0.5) is 13.2 Å². The molecule has 0 atom stereocenters. The summed E-state index contributed by atoms with van der Waals surface area (Å²) in [6.45, 7) is 6.51. The summed E-state index contributed by atoms with van der Waals surface area (Å²) >= 11 is 0. The number of rotatable bonds is 9. The molecule has 10 heteroatoms. The highest BCUT2D eigenvalue weighted by Crippen LogP contribution is 2.28. The van der Waals surface area contributed by atoms with Crippen molar-refractivity contribution in [1.29, 1.82) is 0 Å². The highest BCUT2D eigenvalue weighted by atomic mass is 19.4. The van der Waals surface area contributed by atoms with E-state index in [1.807, 2.05) is 24.3 Å². The smallest absolute Gasteiger partial charge is 0.435 e. The van der Waals surface area contributed by atoms with Gasteiger partial charge in [-0.1, -0.05) is 26.0 Å². The topological polar surface area (TPSA) is 74.0 Å². The third kappa shape index (κ3) is 6.12. The molecule has 0 fully saturated rings. The minimum absolute atomic E-state index is 0.161. The molecule has 0 aliphatic heterocycles. The molecule has 0 aliphatic rings. The predicted octanol–water partition coefficient (Wildman–Crippen LogP) is 4.39. The van der Waals surface area contributed by atoms with Gasteiger partial charge in [0.1, 0.15) is 11.4 Å². The number of carbonyl (C=O) groups excluding carboxylic acids is 1. The van der Waals surface area contributed by atoms with Crippen LogP contribution >= 0.6 is 0 Å². The zero-order valence-corrected chi connectivity index (χ0v) is 18.2. The molecule has 0 unspecified atom stereocenters. The van der Waals surface area contributed by atoms with Gasteiger partial charge in [0.05, 0.1) is 0 Å². The van der Waals surface area contributed by atoms with Crippen molar-refractivity contribution in [1.82, 2.24) is 24.9 Å². The molecule has 1 N–H and O–H groups in total. The Morgan fingerprint density at radius 3 is 2.50 bits per heavy atom. The number of hydrogen-bond donors (Lipinski definition) is 1. The maximum atomic E-state index is 12.7. The van der Waals surface area contributed by atoms with Gasteiger partial charge in [-0.3, -0.25) is 9.48 Å². The molecule has 172 valence electrons. The molecule has 32 heavy (non-hydrogen) atoms. The second-order valence-electron chi connectivity index (χ2n) is 7.74. The maximum Gasteiger partial charge on any atom is 0.435 e. The molecule has 0 spiro atoms. The Kier molecular flexibility index (Phi) is 7.22. The minimum Gasteiger partial charge on any atom is -0.471 e. The lowest BCUT2D eigenvalue weighted by Crippen LogP contribution is -2.26. The normalized spacial score (nSPS) is 11.7. The van der Waals surface area contributed by atoms with Crippen LogP contribution < -0.4 is 10.1 Å². The number of benzene rings is 1. The van der Waals surface area contributed by atoms with Gasteiger partial charge in [-0.25, -0.2) is 4.68 Å². The lowest BCUT2D eigenvalue weighted by Gasteiger charge is -2.09. The summed E-state index contributed by atoms with van der Waals surface area (Å²) in [4.78, 5) is 12.2. The average Bonchev–Trinajstić information content (AvgIpc) is 3.36. The molecule has 0 radical (unpaired) electrons. The van der Waals surface area contributed by atoms with Gasteiger partial charge in [-0.15, -0.1) is 0 Å². The first kappa shape index (κ1) is 23.4. The summed E-state index contributed by atoms with van der Waals surface area (Å²) in [5.41, 5.74) is 0.959. The van der Waals surface area contributed by atoms with Crippen LogP contribution in [0.25, 0.3) is 0 Å². The van der Waals surface area contributed by atoms with Gasteiger partial charge in [0, 0.05) is 25.0 Å². The number of amides is 1. The summed E-state index contributed by atoms with van der Waals surface area (Å²) in [5.74, 6) is 0.786. The Bertz CT molecular complexity index is 1040. The summed E-state index contributed by atoms with van der Waals surface area (Å²) in [5, 5.41) is 10.5. The van der Waals surface area contributed by atoms with Crippen molar-refractivity contribution in [3.05, 3.63) is 65.2 Å². The quantitative estimate of drug-likeness (QED) is 0.492. The number of aromatic nitrogens is 4. The second kappa shape index (κ2) is 9.88. The highest BCUT2D eigenvalue weighted by Gasteiger charge is 2.34. The van der Waals surface area contributed by atoms with Crippen LogP contribution in [0, 0.1) is 6.92 Å². The zero-order chi connectivity index (χ0) is 23.3. The fourth-order valence-corrected chi connectivity index (χ4v) is 3.04. The van der Waals surface area contributed by atoms with Crippen molar-refractivity contribution in [2.75, 3.05) is 6.54 Å². The molecule has 0 saturated carbocycles. The number of halogens is 3. The van der Waals surface area contributed by atoms with Gasteiger partial charge in [0.15, 0.2) is 12.4 Å². The molecular weight excluding hydrogens is 423 g/mol. The van der Waals surface area contributed by atoms with E-state index in [-0.39, 0.29) is 31.4 Å². The molecule has 2 heterocycles. The molecule has 0 bridgehead atoms. The van der Waals surface area contributed by atoms with Crippen LogP contribution in [0.5, 0.6) is 5.75 Å². The fourth-order valence-electron chi connectivity index (χ4n) is 3.04. The maximum absolute atomic E-state index is 12.7. The summed E-state index contributed by atoms with van der Waals surface area (Å²) in [7, 11) is 0. The number of ether oxygens (including phenoxy) is 1. The van der Waals surface area contributed by atoms with E-state index >= 15 is 0 Å². The van der Waals surface area contributed by atoms with Crippen LogP contribution in [0.2, 0.25) is 0 Å². The number of carbonyl (C=O) groups is 1. The first-order chi connectivity index (χ1) is 15.1.